The van der Waals surface area contributed by atoms with Gasteiger partial charge in [-0.3, -0.25) is 10.2 Å². The number of nitrogens with one attached hydrogen (secondary N) is 2. The van der Waals surface area contributed by atoms with E-state index in [0.717, 1.165) is 6.42 Å². The fourth-order valence-electron chi connectivity index (χ4n) is 1.56. The first-order valence-electron chi connectivity index (χ1n) is 6.45. The maximum absolute atomic E-state index is 11.9. The summed E-state index contributed by atoms with van der Waals surface area (Å²) in [7, 11) is -0.576. The molecule has 1 aromatic rings. The number of amides is 1. The van der Waals surface area contributed by atoms with Crippen LogP contribution in [-0.4, -0.2) is 34.3 Å². The molecule has 0 radical (unpaired) electrons. The molecule has 8 heteroatoms. The number of carbonyl (C=O) groups excluding carboxylic acids is 1. The molecule has 1 aromatic carbocycles. The quantitative estimate of drug-likeness (QED) is 0.700. The SMILES string of the molecule is CCCCS(=O)(=O)NNC(=O)c1ccc(OC)c(OC)c1. The molecular formula is C13H20N2O5S. The largest absolute Gasteiger partial charge is 0.493 e. The van der Waals surface area contributed by atoms with Crippen LogP contribution >= 0.6 is 0 Å². The Morgan fingerprint density at radius 1 is 1.19 bits per heavy atom. The molecule has 0 bridgehead atoms. The Morgan fingerprint density at radius 3 is 2.43 bits per heavy atom. The van der Waals surface area contributed by atoms with Gasteiger partial charge in [-0.25, -0.2) is 8.42 Å². The third kappa shape index (κ3) is 5.24. The van der Waals surface area contributed by atoms with Gasteiger partial charge in [0.15, 0.2) is 11.5 Å². The second kappa shape index (κ2) is 7.84. The number of methoxy groups -OCH3 is 2. The van der Waals surface area contributed by atoms with Crippen LogP contribution in [-0.2, 0) is 10.0 Å². The molecule has 7 nitrogen and oxygen atoms in total. The van der Waals surface area contributed by atoms with Crippen molar-refractivity contribution < 1.29 is 22.7 Å². The molecule has 0 unspecified atom stereocenters. The zero-order chi connectivity index (χ0) is 15.9. The molecule has 0 aromatic heterocycles. The van der Waals surface area contributed by atoms with Crippen LogP contribution in [0, 0.1) is 0 Å². The van der Waals surface area contributed by atoms with E-state index in [4.69, 9.17) is 9.47 Å². The lowest BCUT2D eigenvalue weighted by Gasteiger charge is -2.10. The molecule has 0 saturated carbocycles. The normalized spacial score (nSPS) is 11.0. The lowest BCUT2D eigenvalue weighted by Crippen LogP contribution is -2.42. The summed E-state index contributed by atoms with van der Waals surface area (Å²) in [6.45, 7) is 1.89. The lowest BCUT2D eigenvalue weighted by molar-refractivity contribution is 0.0944. The number of hydrogen-bond donors (Lipinski definition) is 2. The summed E-state index contributed by atoms with van der Waals surface area (Å²) in [5.41, 5.74) is 2.42. The van der Waals surface area contributed by atoms with Gasteiger partial charge in [0.2, 0.25) is 10.0 Å². The number of rotatable bonds is 8. The summed E-state index contributed by atoms with van der Waals surface area (Å²) in [5, 5.41) is 0. The average molecular weight is 316 g/mol. The van der Waals surface area contributed by atoms with Crippen LogP contribution in [0.25, 0.3) is 0 Å². The van der Waals surface area contributed by atoms with Crippen molar-refractivity contribution in [2.24, 2.45) is 0 Å². The van der Waals surface area contributed by atoms with Crippen LogP contribution in [0.5, 0.6) is 11.5 Å². The van der Waals surface area contributed by atoms with Crippen molar-refractivity contribution in [3.05, 3.63) is 23.8 Å². The molecule has 2 N–H and O–H groups in total. The molecule has 1 amide bonds. The molecule has 0 atom stereocenters. The van der Waals surface area contributed by atoms with Crippen LogP contribution < -0.4 is 19.7 Å². The topological polar surface area (TPSA) is 93.7 Å². The lowest BCUT2D eigenvalue weighted by atomic mass is 10.2. The van der Waals surface area contributed by atoms with Gasteiger partial charge in [-0.15, -0.1) is 4.83 Å². The number of ether oxygens (including phenoxy) is 2. The molecule has 0 aliphatic heterocycles. The van der Waals surface area contributed by atoms with E-state index in [9.17, 15) is 13.2 Å². The fourth-order valence-corrected chi connectivity index (χ4v) is 2.58. The van der Waals surface area contributed by atoms with Crippen LogP contribution in [0.1, 0.15) is 30.1 Å². The second-order valence-corrected chi connectivity index (χ2v) is 6.14. The third-order valence-corrected chi connectivity index (χ3v) is 3.97. The number of sulfonamides is 1. The standard InChI is InChI=1S/C13H20N2O5S/c1-4-5-8-21(17,18)15-14-13(16)10-6-7-11(19-2)12(9-10)20-3/h6-7,9,15H,4-5,8H2,1-3H3,(H,14,16). The number of hydrogen-bond acceptors (Lipinski definition) is 5. The minimum atomic E-state index is -3.51. The Morgan fingerprint density at radius 2 is 1.86 bits per heavy atom. The van der Waals surface area contributed by atoms with E-state index in [0.29, 0.717) is 17.9 Å². The average Bonchev–Trinajstić information content (AvgIpc) is 2.50. The Bertz CT molecular complexity index is 586. The van der Waals surface area contributed by atoms with E-state index in [1.165, 1.54) is 26.4 Å². The Kier molecular flexibility index (Phi) is 6.44. The van der Waals surface area contributed by atoms with Crippen LogP contribution in [0.2, 0.25) is 0 Å². The molecule has 0 heterocycles. The van der Waals surface area contributed by atoms with Gasteiger partial charge in [-0.1, -0.05) is 13.3 Å². The number of unbranched alkanes of at least 4 members (excludes halogenated alkanes) is 1. The van der Waals surface area contributed by atoms with Gasteiger partial charge in [-0.2, -0.15) is 0 Å². The first-order valence-corrected chi connectivity index (χ1v) is 8.10. The molecular weight excluding hydrogens is 296 g/mol. The minimum absolute atomic E-state index is 0.0320. The molecule has 21 heavy (non-hydrogen) atoms. The van der Waals surface area contributed by atoms with Crippen molar-refractivity contribution >= 4 is 15.9 Å². The first-order chi connectivity index (χ1) is 9.93. The summed E-state index contributed by atoms with van der Waals surface area (Å²) >= 11 is 0. The number of carbonyl (C=O) groups is 1. The highest BCUT2D eigenvalue weighted by Crippen LogP contribution is 2.27. The summed E-state index contributed by atoms with van der Waals surface area (Å²) in [5.74, 6) is 0.267. The Hall–Kier alpha value is -1.80. The van der Waals surface area contributed by atoms with Crippen LogP contribution in [0.15, 0.2) is 18.2 Å². The van der Waals surface area contributed by atoms with Gasteiger partial charge in [-0.05, 0) is 24.6 Å². The number of benzene rings is 1. The maximum atomic E-state index is 11.9. The van der Waals surface area contributed by atoms with Crippen molar-refractivity contribution in [1.29, 1.82) is 0 Å². The summed E-state index contributed by atoms with van der Waals surface area (Å²) < 4.78 is 33.3. The highest BCUT2D eigenvalue weighted by Gasteiger charge is 2.14. The third-order valence-electron chi connectivity index (χ3n) is 2.73. The van der Waals surface area contributed by atoms with Gasteiger partial charge < -0.3 is 9.47 Å². The van der Waals surface area contributed by atoms with Crippen molar-refractivity contribution in [2.45, 2.75) is 19.8 Å². The molecule has 0 aliphatic rings. The first kappa shape index (κ1) is 17.3. The zero-order valence-corrected chi connectivity index (χ0v) is 13.1. The van der Waals surface area contributed by atoms with E-state index in [1.54, 1.807) is 6.07 Å². The van der Waals surface area contributed by atoms with Gasteiger partial charge in [0, 0.05) is 5.56 Å². The predicted octanol–water partition coefficient (Wildman–Crippen LogP) is 1.07. The van der Waals surface area contributed by atoms with Crippen molar-refractivity contribution in [1.82, 2.24) is 10.3 Å². The molecule has 0 fully saturated rings. The van der Waals surface area contributed by atoms with E-state index in [1.807, 2.05) is 6.92 Å². The molecule has 118 valence electrons. The van der Waals surface area contributed by atoms with Crippen molar-refractivity contribution in [3.8, 4) is 11.5 Å². The number of hydrazine groups is 1. The molecule has 0 aliphatic carbocycles. The fraction of sp³-hybridized carbons (Fsp3) is 0.462. The van der Waals surface area contributed by atoms with Gasteiger partial charge in [0.1, 0.15) is 0 Å². The molecule has 0 spiro atoms. The minimum Gasteiger partial charge on any atom is -0.493 e. The molecule has 1 rings (SSSR count). The summed E-state index contributed by atoms with van der Waals surface area (Å²) in [4.78, 5) is 14.0. The van der Waals surface area contributed by atoms with E-state index >= 15 is 0 Å². The van der Waals surface area contributed by atoms with E-state index < -0.39 is 15.9 Å². The Balaban J connectivity index is 2.72. The maximum Gasteiger partial charge on any atom is 0.266 e. The summed E-state index contributed by atoms with van der Waals surface area (Å²) in [6, 6.07) is 4.55. The monoisotopic (exact) mass is 316 g/mol. The second-order valence-electron chi connectivity index (χ2n) is 4.30. The van der Waals surface area contributed by atoms with Gasteiger partial charge in [0.05, 0.1) is 20.0 Å². The smallest absolute Gasteiger partial charge is 0.266 e. The Labute approximate surface area is 124 Å². The highest BCUT2D eigenvalue weighted by atomic mass is 32.2. The molecule has 0 saturated heterocycles. The van der Waals surface area contributed by atoms with Crippen molar-refractivity contribution in [3.63, 3.8) is 0 Å². The van der Waals surface area contributed by atoms with Gasteiger partial charge in [0.25, 0.3) is 5.91 Å². The predicted molar refractivity (Wildman–Crippen MR) is 78.8 cm³/mol. The van der Waals surface area contributed by atoms with E-state index in [-0.39, 0.29) is 11.3 Å². The van der Waals surface area contributed by atoms with Crippen LogP contribution in [0.3, 0.4) is 0 Å². The highest BCUT2D eigenvalue weighted by molar-refractivity contribution is 7.89. The zero-order valence-electron chi connectivity index (χ0n) is 12.3. The van der Waals surface area contributed by atoms with E-state index in [2.05, 4.69) is 10.3 Å². The van der Waals surface area contributed by atoms with Crippen molar-refractivity contribution in [2.75, 3.05) is 20.0 Å². The van der Waals surface area contributed by atoms with Gasteiger partial charge >= 0.3 is 0 Å². The summed E-state index contributed by atoms with van der Waals surface area (Å²) in [6.07, 6.45) is 1.28. The van der Waals surface area contributed by atoms with Crippen LogP contribution in [0.4, 0.5) is 0 Å².